The minimum Gasteiger partial charge on any atom is -0.316 e. The molecule has 1 unspecified atom stereocenters. The lowest BCUT2D eigenvalue weighted by atomic mass is 9.71. The Hall–Kier alpha value is -1.16. The van der Waals surface area contributed by atoms with Crippen molar-refractivity contribution in [3.8, 4) is 0 Å². The molecule has 0 bridgehead atoms. The quantitative estimate of drug-likeness (QED) is 0.852. The summed E-state index contributed by atoms with van der Waals surface area (Å²) in [5, 5.41) is 7.44. The van der Waals surface area contributed by atoms with Crippen molar-refractivity contribution in [2.45, 2.75) is 26.7 Å². The van der Waals surface area contributed by atoms with E-state index in [1.165, 1.54) is 0 Å². The maximum Gasteiger partial charge on any atom is 0.145 e. The molecule has 1 aliphatic rings. The van der Waals surface area contributed by atoms with E-state index < -0.39 is 0 Å². The third-order valence-electron chi connectivity index (χ3n) is 3.97. The zero-order valence-corrected chi connectivity index (χ0v) is 10.9. The van der Waals surface area contributed by atoms with Gasteiger partial charge in [0.25, 0.3) is 0 Å². The van der Waals surface area contributed by atoms with Crippen LogP contribution >= 0.6 is 0 Å². The number of ketones is 1. The Balaban J connectivity index is 2.12. The molecule has 1 saturated heterocycles. The summed E-state index contributed by atoms with van der Waals surface area (Å²) in [6, 6.07) is 0. The standard InChI is InChI=1S/C13H21N3O/c1-10(2)13(4-5-14-9-13)12(17)6-11-7-15-16(3)8-11/h7-8,10,14H,4-6,9H2,1-3H3. The second kappa shape index (κ2) is 4.61. The molecule has 94 valence electrons. The predicted octanol–water partition coefficient (Wildman–Crippen LogP) is 1.17. The number of aromatic nitrogens is 2. The van der Waals surface area contributed by atoms with Crippen molar-refractivity contribution in [3.63, 3.8) is 0 Å². The third-order valence-corrected chi connectivity index (χ3v) is 3.97. The molecular weight excluding hydrogens is 214 g/mol. The number of nitrogens with zero attached hydrogens (tertiary/aromatic N) is 2. The van der Waals surface area contributed by atoms with Gasteiger partial charge >= 0.3 is 0 Å². The molecule has 0 spiro atoms. The highest BCUT2D eigenvalue weighted by molar-refractivity contribution is 5.87. The maximum atomic E-state index is 12.5. The van der Waals surface area contributed by atoms with Gasteiger partial charge in [-0.05, 0) is 24.4 Å². The number of Topliss-reactive ketones (excluding diaryl/α,β-unsaturated/α-hetero) is 1. The Labute approximate surface area is 102 Å². The van der Waals surface area contributed by atoms with Crippen LogP contribution in [0.3, 0.4) is 0 Å². The zero-order valence-electron chi connectivity index (χ0n) is 10.9. The fourth-order valence-electron chi connectivity index (χ4n) is 2.69. The summed E-state index contributed by atoms with van der Waals surface area (Å²) in [5.41, 5.74) is 0.847. The van der Waals surface area contributed by atoms with Gasteiger partial charge in [-0.15, -0.1) is 0 Å². The van der Waals surface area contributed by atoms with E-state index >= 15 is 0 Å². The minimum atomic E-state index is -0.171. The Kier molecular flexibility index (Phi) is 3.33. The topological polar surface area (TPSA) is 46.9 Å². The van der Waals surface area contributed by atoms with Crippen molar-refractivity contribution in [2.75, 3.05) is 13.1 Å². The van der Waals surface area contributed by atoms with Gasteiger partial charge in [0, 0.05) is 31.6 Å². The maximum absolute atomic E-state index is 12.5. The molecule has 1 aliphatic heterocycles. The van der Waals surface area contributed by atoms with E-state index in [1.807, 2.05) is 13.2 Å². The number of hydrogen-bond donors (Lipinski definition) is 1. The first-order valence-corrected chi connectivity index (χ1v) is 6.26. The molecule has 1 atom stereocenters. The molecule has 1 aromatic heterocycles. The third kappa shape index (κ3) is 2.27. The SMILES string of the molecule is CC(C)C1(C(=O)Cc2cnn(C)c2)CCNC1. The van der Waals surface area contributed by atoms with Gasteiger partial charge in [0.2, 0.25) is 0 Å². The van der Waals surface area contributed by atoms with Crippen LogP contribution < -0.4 is 5.32 Å². The summed E-state index contributed by atoms with van der Waals surface area (Å²) >= 11 is 0. The number of hydrogen-bond acceptors (Lipinski definition) is 3. The molecule has 2 heterocycles. The summed E-state index contributed by atoms with van der Waals surface area (Å²) < 4.78 is 1.75. The van der Waals surface area contributed by atoms with Gasteiger partial charge in [-0.25, -0.2) is 0 Å². The predicted molar refractivity (Wildman–Crippen MR) is 66.7 cm³/mol. The number of nitrogens with one attached hydrogen (secondary N) is 1. The first kappa shape index (κ1) is 12.3. The largest absolute Gasteiger partial charge is 0.316 e. The number of carbonyl (C=O) groups excluding carboxylic acids is 1. The summed E-state index contributed by atoms with van der Waals surface area (Å²) in [6.45, 7) is 6.07. The summed E-state index contributed by atoms with van der Waals surface area (Å²) in [5.74, 6) is 0.743. The average Bonchev–Trinajstić information content (AvgIpc) is 2.87. The second-order valence-corrected chi connectivity index (χ2v) is 5.36. The molecule has 0 saturated carbocycles. The lowest BCUT2D eigenvalue weighted by Gasteiger charge is -2.30. The van der Waals surface area contributed by atoms with Crippen LogP contribution in [-0.2, 0) is 18.3 Å². The van der Waals surface area contributed by atoms with Crippen LogP contribution in [0.15, 0.2) is 12.4 Å². The van der Waals surface area contributed by atoms with Gasteiger partial charge in [0.1, 0.15) is 5.78 Å². The molecule has 4 nitrogen and oxygen atoms in total. The van der Waals surface area contributed by atoms with Crippen molar-refractivity contribution in [2.24, 2.45) is 18.4 Å². The lowest BCUT2D eigenvalue weighted by Crippen LogP contribution is -2.39. The number of aryl methyl sites for hydroxylation is 1. The Morgan fingerprint density at radius 1 is 1.65 bits per heavy atom. The highest BCUT2D eigenvalue weighted by Crippen LogP contribution is 2.36. The van der Waals surface area contributed by atoms with E-state index in [1.54, 1.807) is 10.9 Å². The Morgan fingerprint density at radius 2 is 2.41 bits per heavy atom. The van der Waals surface area contributed by atoms with E-state index in [0.29, 0.717) is 18.1 Å². The van der Waals surface area contributed by atoms with E-state index in [4.69, 9.17) is 0 Å². The Bertz CT molecular complexity index is 403. The average molecular weight is 235 g/mol. The summed E-state index contributed by atoms with van der Waals surface area (Å²) in [4.78, 5) is 12.5. The smallest absolute Gasteiger partial charge is 0.145 e. The fraction of sp³-hybridized carbons (Fsp3) is 0.692. The van der Waals surface area contributed by atoms with E-state index in [-0.39, 0.29) is 5.41 Å². The molecule has 0 amide bonds. The molecule has 0 aliphatic carbocycles. The van der Waals surface area contributed by atoms with Gasteiger partial charge in [0.15, 0.2) is 0 Å². The van der Waals surface area contributed by atoms with E-state index in [2.05, 4.69) is 24.3 Å². The molecule has 1 fully saturated rings. The fourth-order valence-corrected chi connectivity index (χ4v) is 2.69. The van der Waals surface area contributed by atoms with Gasteiger partial charge in [-0.3, -0.25) is 9.48 Å². The van der Waals surface area contributed by atoms with Crippen LogP contribution in [0.5, 0.6) is 0 Å². The first-order chi connectivity index (χ1) is 8.04. The van der Waals surface area contributed by atoms with Crippen LogP contribution in [-0.4, -0.2) is 28.7 Å². The number of carbonyl (C=O) groups is 1. The highest BCUT2D eigenvalue weighted by Gasteiger charge is 2.43. The summed E-state index contributed by atoms with van der Waals surface area (Å²) in [7, 11) is 1.88. The van der Waals surface area contributed by atoms with Crippen molar-refractivity contribution in [1.82, 2.24) is 15.1 Å². The number of rotatable bonds is 4. The molecule has 0 radical (unpaired) electrons. The van der Waals surface area contributed by atoms with E-state index in [0.717, 1.165) is 25.1 Å². The second-order valence-electron chi connectivity index (χ2n) is 5.36. The molecular formula is C13H21N3O. The normalized spacial score (nSPS) is 24.5. The van der Waals surface area contributed by atoms with E-state index in [9.17, 15) is 4.79 Å². The van der Waals surface area contributed by atoms with Crippen molar-refractivity contribution >= 4 is 5.78 Å². The molecule has 0 aromatic carbocycles. The Morgan fingerprint density at radius 3 is 2.88 bits per heavy atom. The van der Waals surface area contributed by atoms with Gasteiger partial charge in [0.05, 0.1) is 6.20 Å². The molecule has 17 heavy (non-hydrogen) atoms. The van der Waals surface area contributed by atoms with Gasteiger partial charge in [-0.2, -0.15) is 5.10 Å². The van der Waals surface area contributed by atoms with Crippen LogP contribution in [0.2, 0.25) is 0 Å². The van der Waals surface area contributed by atoms with Crippen molar-refractivity contribution in [1.29, 1.82) is 0 Å². The van der Waals surface area contributed by atoms with Gasteiger partial charge < -0.3 is 5.32 Å². The van der Waals surface area contributed by atoms with Gasteiger partial charge in [-0.1, -0.05) is 13.8 Å². The molecule has 2 rings (SSSR count). The minimum absolute atomic E-state index is 0.171. The lowest BCUT2D eigenvalue weighted by molar-refractivity contribution is -0.129. The molecule has 4 heteroatoms. The zero-order chi connectivity index (χ0) is 12.5. The van der Waals surface area contributed by atoms with Crippen LogP contribution in [0, 0.1) is 11.3 Å². The van der Waals surface area contributed by atoms with Crippen LogP contribution in [0.4, 0.5) is 0 Å². The molecule has 1 aromatic rings. The van der Waals surface area contributed by atoms with Crippen molar-refractivity contribution in [3.05, 3.63) is 18.0 Å². The van der Waals surface area contributed by atoms with Crippen LogP contribution in [0.25, 0.3) is 0 Å². The van der Waals surface area contributed by atoms with Crippen molar-refractivity contribution < 1.29 is 4.79 Å². The highest BCUT2D eigenvalue weighted by atomic mass is 16.1. The first-order valence-electron chi connectivity index (χ1n) is 6.26. The molecule has 1 N–H and O–H groups in total. The summed E-state index contributed by atoms with van der Waals surface area (Å²) in [6.07, 6.45) is 5.18. The monoisotopic (exact) mass is 235 g/mol. The van der Waals surface area contributed by atoms with Crippen LogP contribution in [0.1, 0.15) is 25.8 Å².